The minimum absolute atomic E-state index is 0.00231. The molecule has 3 N–H and O–H groups in total. The highest BCUT2D eigenvalue weighted by Gasteiger charge is 2.32. The van der Waals surface area contributed by atoms with Crippen LogP contribution in [0.1, 0.15) is 21.6 Å². The average Bonchev–Trinajstić information content (AvgIpc) is 3.10. The molecule has 0 saturated carbocycles. The van der Waals surface area contributed by atoms with Crippen LogP contribution in [0.25, 0.3) is 22.0 Å². The summed E-state index contributed by atoms with van der Waals surface area (Å²) in [4.78, 5) is 18.9. The lowest BCUT2D eigenvalue weighted by Gasteiger charge is -2.36. The molecule has 2 aromatic carbocycles. The van der Waals surface area contributed by atoms with Gasteiger partial charge in [0.15, 0.2) is 0 Å². The number of amides is 1. The summed E-state index contributed by atoms with van der Waals surface area (Å²) in [5, 5.41) is 9.70. The number of aliphatic hydroxyl groups is 1. The minimum atomic E-state index is -4.59. The molecule has 35 heavy (non-hydrogen) atoms. The molecule has 0 aliphatic carbocycles. The number of alkyl halides is 3. The number of carbonyl (C=O) groups is 1. The van der Waals surface area contributed by atoms with E-state index in [0.717, 1.165) is 12.1 Å². The molecule has 0 bridgehead atoms. The zero-order chi connectivity index (χ0) is 24.9. The molecule has 10 heteroatoms. The SMILES string of the molecule is NC(=O)c1c(-c2ccc(N3CC(O)C3)nc2)c2cc(C(F)(F)F)ccc2n1Cc1cccc(F)c1. The second-order valence-electron chi connectivity index (χ2n) is 8.50. The van der Waals surface area contributed by atoms with Crippen LogP contribution in [0, 0.1) is 5.82 Å². The van der Waals surface area contributed by atoms with Crippen molar-refractivity contribution in [1.29, 1.82) is 0 Å². The predicted octanol–water partition coefficient (Wildman–Crippen LogP) is 4.19. The highest BCUT2D eigenvalue weighted by Crippen LogP contribution is 2.39. The number of fused-ring (bicyclic) bond motifs is 1. The van der Waals surface area contributed by atoms with Crippen molar-refractivity contribution in [3.8, 4) is 11.1 Å². The van der Waals surface area contributed by atoms with Gasteiger partial charge in [-0.3, -0.25) is 4.79 Å². The first-order valence-electron chi connectivity index (χ1n) is 10.8. The Morgan fingerprint density at radius 3 is 2.49 bits per heavy atom. The van der Waals surface area contributed by atoms with Gasteiger partial charge in [0.25, 0.3) is 5.91 Å². The maximum atomic E-state index is 13.8. The third kappa shape index (κ3) is 4.21. The van der Waals surface area contributed by atoms with Crippen LogP contribution in [0.5, 0.6) is 0 Å². The number of nitrogens with two attached hydrogens (primary N) is 1. The lowest BCUT2D eigenvalue weighted by atomic mass is 10.0. The molecule has 1 saturated heterocycles. The number of carbonyl (C=O) groups excluding carboxylic acids is 1. The van der Waals surface area contributed by atoms with E-state index in [-0.39, 0.29) is 23.2 Å². The fraction of sp³-hybridized carbons (Fsp3) is 0.200. The molecule has 0 atom stereocenters. The van der Waals surface area contributed by atoms with Crippen LogP contribution in [0.2, 0.25) is 0 Å². The third-order valence-electron chi connectivity index (χ3n) is 6.08. The van der Waals surface area contributed by atoms with Crippen molar-refractivity contribution in [3.05, 3.63) is 83.4 Å². The summed E-state index contributed by atoms with van der Waals surface area (Å²) in [5.74, 6) is -0.717. The van der Waals surface area contributed by atoms with Crippen LogP contribution in [0.15, 0.2) is 60.8 Å². The van der Waals surface area contributed by atoms with E-state index in [9.17, 15) is 27.5 Å². The molecule has 6 nitrogen and oxygen atoms in total. The van der Waals surface area contributed by atoms with Gasteiger partial charge in [0.1, 0.15) is 17.3 Å². The fourth-order valence-electron chi connectivity index (χ4n) is 4.42. The molecule has 1 fully saturated rings. The summed E-state index contributed by atoms with van der Waals surface area (Å²) in [5.41, 5.74) is 6.35. The van der Waals surface area contributed by atoms with Crippen molar-refractivity contribution < 1.29 is 27.5 Å². The zero-order valence-electron chi connectivity index (χ0n) is 18.3. The van der Waals surface area contributed by atoms with E-state index in [1.165, 1.54) is 35.0 Å². The average molecular weight is 484 g/mol. The number of rotatable bonds is 5. The molecule has 1 aliphatic heterocycles. The summed E-state index contributed by atoms with van der Waals surface area (Å²) >= 11 is 0. The van der Waals surface area contributed by atoms with Gasteiger partial charge in [-0.15, -0.1) is 0 Å². The van der Waals surface area contributed by atoms with Crippen LogP contribution < -0.4 is 10.6 Å². The summed E-state index contributed by atoms with van der Waals surface area (Å²) in [7, 11) is 0. The monoisotopic (exact) mass is 484 g/mol. The Morgan fingerprint density at radius 1 is 1.11 bits per heavy atom. The Kier molecular flexibility index (Phi) is 5.47. The molecule has 0 spiro atoms. The van der Waals surface area contributed by atoms with Crippen LogP contribution in [-0.2, 0) is 12.7 Å². The number of halogens is 4. The zero-order valence-corrected chi connectivity index (χ0v) is 18.3. The van der Waals surface area contributed by atoms with Gasteiger partial charge in [0, 0.05) is 47.9 Å². The van der Waals surface area contributed by atoms with E-state index in [1.54, 1.807) is 18.2 Å². The molecule has 1 aliphatic rings. The predicted molar refractivity (Wildman–Crippen MR) is 122 cm³/mol. The number of primary amides is 1. The van der Waals surface area contributed by atoms with E-state index in [1.807, 2.05) is 4.90 Å². The second-order valence-corrected chi connectivity index (χ2v) is 8.50. The first-order chi connectivity index (χ1) is 16.6. The van der Waals surface area contributed by atoms with E-state index >= 15 is 0 Å². The first kappa shape index (κ1) is 22.9. The first-order valence-corrected chi connectivity index (χ1v) is 10.8. The topological polar surface area (TPSA) is 84.4 Å². The standard InChI is InChI=1S/C25H20F4N4O2/c26-17-3-1-2-14(8-17)11-33-20-6-5-16(25(27,28)29)9-19(20)22(23(33)24(30)35)15-4-7-21(31-10-15)32-12-18(34)13-32/h1-10,18,34H,11-13H2,(H2,30,35). The third-order valence-corrected chi connectivity index (χ3v) is 6.08. The van der Waals surface area contributed by atoms with Gasteiger partial charge >= 0.3 is 6.18 Å². The molecule has 0 radical (unpaired) electrons. The Balaban J connectivity index is 1.71. The molecule has 0 unspecified atom stereocenters. The summed E-state index contributed by atoms with van der Waals surface area (Å²) in [6.07, 6.45) is -3.56. The number of anilines is 1. The summed E-state index contributed by atoms with van der Waals surface area (Å²) in [6, 6.07) is 12.3. The number of pyridine rings is 1. The van der Waals surface area contributed by atoms with Crippen LogP contribution in [0.3, 0.4) is 0 Å². The molecule has 3 heterocycles. The van der Waals surface area contributed by atoms with Gasteiger partial charge in [-0.2, -0.15) is 13.2 Å². The number of nitrogens with zero attached hydrogens (tertiary/aromatic N) is 3. The number of aliphatic hydroxyl groups excluding tert-OH is 1. The molecule has 4 aromatic rings. The molecule has 5 rings (SSSR count). The van der Waals surface area contributed by atoms with Gasteiger partial charge < -0.3 is 20.3 Å². The Hall–Kier alpha value is -3.92. The number of hydrogen-bond acceptors (Lipinski definition) is 4. The maximum absolute atomic E-state index is 13.8. The lowest BCUT2D eigenvalue weighted by molar-refractivity contribution is -0.137. The van der Waals surface area contributed by atoms with Crippen LogP contribution >= 0.6 is 0 Å². The number of aromatic nitrogens is 2. The lowest BCUT2D eigenvalue weighted by Crippen LogP contribution is -2.51. The van der Waals surface area contributed by atoms with E-state index < -0.39 is 29.6 Å². The summed E-state index contributed by atoms with van der Waals surface area (Å²) in [6.45, 7) is 0.886. The van der Waals surface area contributed by atoms with Crippen molar-refractivity contribution in [2.24, 2.45) is 5.73 Å². The van der Waals surface area contributed by atoms with Crippen LogP contribution in [-0.4, -0.2) is 39.8 Å². The van der Waals surface area contributed by atoms with Crippen molar-refractivity contribution in [1.82, 2.24) is 9.55 Å². The van der Waals surface area contributed by atoms with E-state index in [4.69, 9.17) is 5.73 Å². The molecule has 180 valence electrons. The van der Waals surface area contributed by atoms with Crippen molar-refractivity contribution in [2.75, 3.05) is 18.0 Å². The number of benzene rings is 2. The Labute approximate surface area is 197 Å². The molecular weight excluding hydrogens is 464 g/mol. The minimum Gasteiger partial charge on any atom is -0.389 e. The van der Waals surface area contributed by atoms with Crippen molar-refractivity contribution in [2.45, 2.75) is 18.8 Å². The number of β-amino-alcohol motifs (C(OH)–C–C–N with tert-alkyl or cyclic N) is 1. The number of hydrogen-bond donors (Lipinski definition) is 2. The van der Waals surface area contributed by atoms with Crippen LogP contribution in [0.4, 0.5) is 23.4 Å². The van der Waals surface area contributed by atoms with Gasteiger partial charge in [-0.1, -0.05) is 12.1 Å². The molecule has 1 amide bonds. The smallest absolute Gasteiger partial charge is 0.389 e. The second kappa shape index (κ2) is 8.38. The van der Waals surface area contributed by atoms with Crippen molar-refractivity contribution in [3.63, 3.8) is 0 Å². The van der Waals surface area contributed by atoms with E-state index in [0.29, 0.717) is 35.6 Å². The molecular formula is C25H20F4N4O2. The summed E-state index contributed by atoms with van der Waals surface area (Å²) < 4.78 is 55.9. The van der Waals surface area contributed by atoms with Gasteiger partial charge in [-0.25, -0.2) is 9.37 Å². The fourth-order valence-corrected chi connectivity index (χ4v) is 4.42. The Bertz CT molecular complexity index is 1420. The van der Waals surface area contributed by atoms with E-state index in [2.05, 4.69) is 4.98 Å². The van der Waals surface area contributed by atoms with Crippen molar-refractivity contribution >= 4 is 22.6 Å². The molecule has 2 aromatic heterocycles. The van der Waals surface area contributed by atoms with Gasteiger partial charge in [0.05, 0.1) is 11.7 Å². The normalized spacial score (nSPS) is 14.4. The Morgan fingerprint density at radius 2 is 1.89 bits per heavy atom. The highest BCUT2D eigenvalue weighted by atomic mass is 19.4. The van der Waals surface area contributed by atoms with Gasteiger partial charge in [0.2, 0.25) is 0 Å². The maximum Gasteiger partial charge on any atom is 0.416 e. The quantitative estimate of drug-likeness (QED) is 0.416. The largest absolute Gasteiger partial charge is 0.416 e. The van der Waals surface area contributed by atoms with Gasteiger partial charge in [-0.05, 0) is 48.0 Å². The highest BCUT2D eigenvalue weighted by molar-refractivity contribution is 6.10.